The molecule has 1 heterocycles. The number of hydrogen-bond acceptors (Lipinski definition) is 5. The minimum Gasteiger partial charge on any atom is -0.409 e. The summed E-state index contributed by atoms with van der Waals surface area (Å²) in [5, 5.41) is 11.5. The Kier molecular flexibility index (Phi) is 5.35. The van der Waals surface area contributed by atoms with Gasteiger partial charge in [0, 0.05) is 31.3 Å². The molecule has 1 rings (SSSR count). The maximum atomic E-state index is 8.53. The third-order valence-electron chi connectivity index (χ3n) is 2.74. The largest absolute Gasteiger partial charge is 0.409 e. The van der Waals surface area contributed by atoms with E-state index in [-0.39, 0.29) is 5.84 Å². The lowest BCUT2D eigenvalue weighted by atomic mass is 10.1. The van der Waals surface area contributed by atoms with E-state index in [9.17, 15) is 0 Å². The fourth-order valence-corrected chi connectivity index (χ4v) is 1.58. The van der Waals surface area contributed by atoms with Gasteiger partial charge >= 0.3 is 0 Å². The van der Waals surface area contributed by atoms with Crippen LogP contribution >= 0.6 is 0 Å². The van der Waals surface area contributed by atoms with E-state index in [1.165, 1.54) is 0 Å². The second-order valence-corrected chi connectivity index (χ2v) is 4.38. The molecular formula is C12H21N5O. The van der Waals surface area contributed by atoms with Gasteiger partial charge in [-0.3, -0.25) is 0 Å². The van der Waals surface area contributed by atoms with Gasteiger partial charge in [0.25, 0.3) is 0 Å². The maximum absolute atomic E-state index is 8.53. The SMILES string of the molecule is CCN(CC/C(N)=N/O)c1cc(C(C)C)ncn1. The van der Waals surface area contributed by atoms with Crippen LogP contribution in [0.5, 0.6) is 0 Å². The summed E-state index contributed by atoms with van der Waals surface area (Å²) in [6.45, 7) is 7.72. The molecule has 0 radical (unpaired) electrons. The molecule has 0 bridgehead atoms. The van der Waals surface area contributed by atoms with E-state index in [0.29, 0.717) is 18.9 Å². The summed E-state index contributed by atoms with van der Waals surface area (Å²) >= 11 is 0. The average Bonchev–Trinajstić information content (AvgIpc) is 2.39. The number of amidine groups is 1. The summed E-state index contributed by atoms with van der Waals surface area (Å²) in [7, 11) is 0. The molecule has 0 fully saturated rings. The van der Waals surface area contributed by atoms with Crippen molar-refractivity contribution < 1.29 is 5.21 Å². The Morgan fingerprint density at radius 3 is 2.78 bits per heavy atom. The molecule has 0 aliphatic rings. The van der Waals surface area contributed by atoms with Crippen LogP contribution in [-0.2, 0) is 0 Å². The number of anilines is 1. The zero-order valence-corrected chi connectivity index (χ0v) is 11.2. The highest BCUT2D eigenvalue weighted by atomic mass is 16.4. The van der Waals surface area contributed by atoms with Crippen LogP contribution in [0.4, 0.5) is 5.82 Å². The molecule has 0 amide bonds. The fraction of sp³-hybridized carbons (Fsp3) is 0.583. The Balaban J connectivity index is 2.78. The number of aromatic nitrogens is 2. The van der Waals surface area contributed by atoms with Gasteiger partial charge < -0.3 is 15.8 Å². The van der Waals surface area contributed by atoms with Gasteiger partial charge in [0.2, 0.25) is 0 Å². The van der Waals surface area contributed by atoms with Gasteiger partial charge in [-0.05, 0) is 12.8 Å². The van der Waals surface area contributed by atoms with E-state index in [1.54, 1.807) is 6.33 Å². The van der Waals surface area contributed by atoms with Crippen LogP contribution in [0.3, 0.4) is 0 Å². The van der Waals surface area contributed by atoms with Gasteiger partial charge in [-0.15, -0.1) is 0 Å². The average molecular weight is 251 g/mol. The van der Waals surface area contributed by atoms with Crippen LogP contribution < -0.4 is 10.6 Å². The van der Waals surface area contributed by atoms with Crippen molar-refractivity contribution in [1.29, 1.82) is 0 Å². The fourth-order valence-electron chi connectivity index (χ4n) is 1.58. The predicted molar refractivity (Wildman–Crippen MR) is 72.0 cm³/mol. The van der Waals surface area contributed by atoms with Crippen molar-refractivity contribution in [3.63, 3.8) is 0 Å². The first kappa shape index (κ1) is 14.2. The third-order valence-corrected chi connectivity index (χ3v) is 2.74. The Labute approximate surface area is 108 Å². The van der Waals surface area contributed by atoms with Gasteiger partial charge in [-0.2, -0.15) is 0 Å². The number of oxime groups is 1. The van der Waals surface area contributed by atoms with Crippen molar-refractivity contribution >= 4 is 11.7 Å². The van der Waals surface area contributed by atoms with Crippen molar-refractivity contribution in [3.05, 3.63) is 18.1 Å². The quantitative estimate of drug-likeness (QED) is 0.347. The molecule has 1 aromatic rings. The lowest BCUT2D eigenvalue weighted by Crippen LogP contribution is -2.28. The topological polar surface area (TPSA) is 87.6 Å². The Morgan fingerprint density at radius 1 is 1.50 bits per heavy atom. The highest BCUT2D eigenvalue weighted by Crippen LogP contribution is 2.16. The molecule has 18 heavy (non-hydrogen) atoms. The summed E-state index contributed by atoms with van der Waals surface area (Å²) in [6.07, 6.45) is 2.09. The monoisotopic (exact) mass is 251 g/mol. The van der Waals surface area contributed by atoms with Gasteiger partial charge in [0.1, 0.15) is 18.0 Å². The smallest absolute Gasteiger partial charge is 0.140 e. The zero-order valence-electron chi connectivity index (χ0n) is 11.2. The highest BCUT2D eigenvalue weighted by Gasteiger charge is 2.09. The third kappa shape index (κ3) is 3.87. The molecule has 0 saturated heterocycles. The van der Waals surface area contributed by atoms with Crippen molar-refractivity contribution in [2.75, 3.05) is 18.0 Å². The van der Waals surface area contributed by atoms with Crippen LogP contribution in [0.25, 0.3) is 0 Å². The van der Waals surface area contributed by atoms with Gasteiger partial charge in [-0.1, -0.05) is 19.0 Å². The lowest BCUT2D eigenvalue weighted by molar-refractivity contribution is 0.317. The Bertz CT molecular complexity index is 405. The van der Waals surface area contributed by atoms with Gasteiger partial charge in [0.15, 0.2) is 0 Å². The first-order valence-corrected chi connectivity index (χ1v) is 6.11. The molecule has 0 aliphatic heterocycles. The number of nitrogens with zero attached hydrogens (tertiary/aromatic N) is 4. The first-order chi connectivity index (χ1) is 8.58. The number of nitrogens with two attached hydrogens (primary N) is 1. The zero-order chi connectivity index (χ0) is 13.5. The van der Waals surface area contributed by atoms with Crippen molar-refractivity contribution in [2.45, 2.75) is 33.1 Å². The molecule has 6 heteroatoms. The van der Waals surface area contributed by atoms with Crippen molar-refractivity contribution in [2.24, 2.45) is 10.9 Å². The Morgan fingerprint density at radius 2 is 2.22 bits per heavy atom. The summed E-state index contributed by atoms with van der Waals surface area (Å²) in [4.78, 5) is 10.6. The second kappa shape index (κ2) is 6.78. The molecule has 1 aromatic heterocycles. The molecule has 0 atom stereocenters. The summed E-state index contributed by atoms with van der Waals surface area (Å²) in [6, 6.07) is 1.99. The molecule has 0 aliphatic carbocycles. The van der Waals surface area contributed by atoms with Crippen molar-refractivity contribution in [3.8, 4) is 0 Å². The molecule has 100 valence electrons. The first-order valence-electron chi connectivity index (χ1n) is 6.11. The normalized spacial score (nSPS) is 11.9. The van der Waals surface area contributed by atoms with Crippen LogP contribution in [0.1, 0.15) is 38.8 Å². The van der Waals surface area contributed by atoms with E-state index < -0.39 is 0 Å². The predicted octanol–water partition coefficient (Wildman–Crippen LogP) is 1.56. The lowest BCUT2D eigenvalue weighted by Gasteiger charge is -2.22. The summed E-state index contributed by atoms with van der Waals surface area (Å²) in [5.74, 6) is 1.48. The minimum atomic E-state index is 0.228. The van der Waals surface area contributed by atoms with Crippen LogP contribution in [0, 0.1) is 0 Å². The van der Waals surface area contributed by atoms with Crippen LogP contribution in [0.2, 0.25) is 0 Å². The molecular weight excluding hydrogens is 230 g/mol. The summed E-state index contributed by atoms with van der Waals surface area (Å²) < 4.78 is 0. The van der Waals surface area contributed by atoms with E-state index in [1.807, 2.05) is 13.0 Å². The van der Waals surface area contributed by atoms with Gasteiger partial charge in [-0.25, -0.2) is 9.97 Å². The molecule has 6 nitrogen and oxygen atoms in total. The van der Waals surface area contributed by atoms with Crippen LogP contribution in [0.15, 0.2) is 17.5 Å². The molecule has 0 saturated carbocycles. The standard InChI is InChI=1S/C12H21N5O/c1-4-17(6-5-11(13)16-18)12-7-10(9(2)3)14-8-15-12/h7-9,18H,4-6H2,1-3H3,(H2,13,16). The molecule has 0 unspecified atom stereocenters. The van der Waals surface area contributed by atoms with Gasteiger partial charge in [0.05, 0.1) is 0 Å². The number of hydrogen-bond donors (Lipinski definition) is 2. The second-order valence-electron chi connectivity index (χ2n) is 4.38. The van der Waals surface area contributed by atoms with E-state index >= 15 is 0 Å². The maximum Gasteiger partial charge on any atom is 0.140 e. The molecule has 0 spiro atoms. The number of rotatable bonds is 6. The van der Waals surface area contributed by atoms with E-state index in [0.717, 1.165) is 18.1 Å². The van der Waals surface area contributed by atoms with Crippen molar-refractivity contribution in [1.82, 2.24) is 9.97 Å². The Hall–Kier alpha value is -1.85. The molecule has 3 N–H and O–H groups in total. The van der Waals surface area contributed by atoms with E-state index in [2.05, 4.69) is 33.9 Å². The highest BCUT2D eigenvalue weighted by molar-refractivity contribution is 5.80. The summed E-state index contributed by atoms with van der Waals surface area (Å²) in [5.41, 5.74) is 6.49. The van der Waals surface area contributed by atoms with E-state index in [4.69, 9.17) is 10.9 Å². The molecule has 0 aromatic carbocycles. The minimum absolute atomic E-state index is 0.228. The van der Waals surface area contributed by atoms with Crippen LogP contribution in [-0.4, -0.2) is 34.1 Å².